The number of aromatic nitrogens is 2. The van der Waals surface area contributed by atoms with Crippen LogP contribution in [0.3, 0.4) is 0 Å². The molecule has 0 aliphatic carbocycles. The predicted octanol–water partition coefficient (Wildman–Crippen LogP) is 5.80. The lowest BCUT2D eigenvalue weighted by Crippen LogP contribution is -2.16. The van der Waals surface area contributed by atoms with Gasteiger partial charge in [0.1, 0.15) is 29.6 Å². The van der Waals surface area contributed by atoms with Crippen LogP contribution in [0, 0.1) is 11.6 Å². The second kappa shape index (κ2) is 9.74. The minimum atomic E-state index is -0.934. The van der Waals surface area contributed by atoms with E-state index in [0.29, 0.717) is 18.9 Å². The molecule has 1 amide bonds. The van der Waals surface area contributed by atoms with Gasteiger partial charge in [-0.05, 0) is 35.9 Å². The summed E-state index contributed by atoms with van der Waals surface area (Å²) in [5.74, 6) is -1.89. The third-order valence-corrected chi connectivity index (χ3v) is 5.16. The molecule has 4 rings (SSSR count). The third kappa shape index (κ3) is 5.20. The zero-order valence-electron chi connectivity index (χ0n) is 16.8. The Balaban J connectivity index is 1.47. The van der Waals surface area contributed by atoms with Gasteiger partial charge in [-0.1, -0.05) is 52.3 Å². The molecule has 0 saturated heterocycles. The van der Waals surface area contributed by atoms with E-state index in [9.17, 15) is 13.6 Å². The number of anilines is 1. The van der Waals surface area contributed by atoms with Crippen molar-refractivity contribution >= 4 is 27.7 Å². The molecule has 0 atom stereocenters. The topological polar surface area (TPSA) is 56.2 Å². The van der Waals surface area contributed by atoms with Crippen molar-refractivity contribution in [2.75, 3.05) is 5.32 Å². The molecule has 0 bridgehead atoms. The summed E-state index contributed by atoms with van der Waals surface area (Å²) < 4.78 is 36.1. The number of carbonyl (C=O) groups is 1. The van der Waals surface area contributed by atoms with Gasteiger partial charge in [-0.2, -0.15) is 5.10 Å². The highest BCUT2D eigenvalue weighted by atomic mass is 79.9. The Morgan fingerprint density at radius 1 is 1.00 bits per heavy atom. The average Bonchev–Trinajstić information content (AvgIpc) is 3.20. The van der Waals surface area contributed by atoms with Crippen LogP contribution in [-0.4, -0.2) is 15.7 Å². The molecule has 4 aromatic rings. The summed E-state index contributed by atoms with van der Waals surface area (Å²) in [6, 6.07) is 20.3. The Morgan fingerprint density at radius 2 is 1.75 bits per heavy atom. The van der Waals surface area contributed by atoms with Crippen LogP contribution in [0.4, 0.5) is 14.6 Å². The Kier molecular flexibility index (Phi) is 6.61. The van der Waals surface area contributed by atoms with Gasteiger partial charge < -0.3 is 10.1 Å². The van der Waals surface area contributed by atoms with Gasteiger partial charge in [-0.3, -0.25) is 9.48 Å². The lowest BCUT2D eigenvalue weighted by atomic mass is 10.2. The van der Waals surface area contributed by atoms with Crippen LogP contribution in [0.1, 0.15) is 21.5 Å². The van der Waals surface area contributed by atoms with Gasteiger partial charge in [0.15, 0.2) is 5.82 Å². The first kappa shape index (κ1) is 21.7. The SMILES string of the molecule is O=C(Nc1ccn(Cc2cc(Br)ccc2OCc2ccccc2)n1)c1c(F)cccc1F. The zero-order chi connectivity index (χ0) is 22.5. The van der Waals surface area contributed by atoms with Crippen LogP contribution >= 0.6 is 15.9 Å². The largest absolute Gasteiger partial charge is 0.489 e. The van der Waals surface area contributed by atoms with Gasteiger partial charge >= 0.3 is 0 Å². The number of nitrogens with one attached hydrogen (secondary N) is 1. The van der Waals surface area contributed by atoms with E-state index in [1.54, 1.807) is 16.9 Å². The molecule has 1 N–H and O–H groups in total. The number of benzene rings is 3. The van der Waals surface area contributed by atoms with E-state index in [2.05, 4.69) is 26.3 Å². The summed E-state index contributed by atoms with van der Waals surface area (Å²) in [5.41, 5.74) is 1.27. The molecule has 0 spiro atoms. The summed E-state index contributed by atoms with van der Waals surface area (Å²) in [4.78, 5) is 12.3. The van der Waals surface area contributed by atoms with Gasteiger partial charge in [-0.15, -0.1) is 0 Å². The maximum absolute atomic E-state index is 13.8. The maximum Gasteiger partial charge on any atom is 0.262 e. The molecule has 0 saturated carbocycles. The molecule has 32 heavy (non-hydrogen) atoms. The molecule has 162 valence electrons. The Hall–Kier alpha value is -3.52. The number of hydrogen-bond donors (Lipinski definition) is 1. The fourth-order valence-corrected chi connectivity index (χ4v) is 3.54. The molecule has 0 aliphatic rings. The molecular weight excluding hydrogens is 480 g/mol. The Labute approximate surface area is 191 Å². The highest BCUT2D eigenvalue weighted by Crippen LogP contribution is 2.25. The van der Waals surface area contributed by atoms with Crippen molar-refractivity contribution in [1.29, 1.82) is 0 Å². The molecular formula is C24H18BrF2N3O2. The molecule has 0 radical (unpaired) electrons. The first-order chi connectivity index (χ1) is 15.5. The number of hydrogen-bond acceptors (Lipinski definition) is 3. The second-order valence-electron chi connectivity index (χ2n) is 6.98. The van der Waals surface area contributed by atoms with E-state index < -0.39 is 23.1 Å². The van der Waals surface area contributed by atoms with Crippen molar-refractivity contribution in [1.82, 2.24) is 9.78 Å². The van der Waals surface area contributed by atoms with Crippen molar-refractivity contribution in [2.24, 2.45) is 0 Å². The lowest BCUT2D eigenvalue weighted by Gasteiger charge is -2.12. The van der Waals surface area contributed by atoms with Crippen molar-refractivity contribution in [3.05, 3.63) is 112 Å². The van der Waals surface area contributed by atoms with Gasteiger partial charge in [-0.25, -0.2) is 8.78 Å². The highest BCUT2D eigenvalue weighted by Gasteiger charge is 2.18. The van der Waals surface area contributed by atoms with Crippen LogP contribution in [-0.2, 0) is 13.2 Å². The number of nitrogens with zero attached hydrogens (tertiary/aromatic N) is 2. The van der Waals surface area contributed by atoms with Gasteiger partial charge in [0.2, 0.25) is 0 Å². The van der Waals surface area contributed by atoms with Crippen molar-refractivity contribution in [2.45, 2.75) is 13.2 Å². The lowest BCUT2D eigenvalue weighted by molar-refractivity contribution is 0.101. The van der Waals surface area contributed by atoms with Gasteiger partial charge in [0.05, 0.1) is 6.54 Å². The minimum Gasteiger partial charge on any atom is -0.489 e. The van der Waals surface area contributed by atoms with Crippen molar-refractivity contribution in [3.63, 3.8) is 0 Å². The van der Waals surface area contributed by atoms with E-state index in [1.165, 1.54) is 6.07 Å². The van der Waals surface area contributed by atoms with Gasteiger partial charge in [0.25, 0.3) is 5.91 Å². The summed E-state index contributed by atoms with van der Waals surface area (Å²) in [7, 11) is 0. The minimum absolute atomic E-state index is 0.180. The predicted molar refractivity (Wildman–Crippen MR) is 121 cm³/mol. The second-order valence-corrected chi connectivity index (χ2v) is 7.89. The summed E-state index contributed by atoms with van der Waals surface area (Å²) in [6.07, 6.45) is 1.66. The third-order valence-electron chi connectivity index (χ3n) is 4.66. The van der Waals surface area contributed by atoms with E-state index in [1.807, 2.05) is 48.5 Å². The van der Waals surface area contributed by atoms with Crippen LogP contribution in [0.5, 0.6) is 5.75 Å². The fraction of sp³-hybridized carbons (Fsp3) is 0.0833. The monoisotopic (exact) mass is 497 g/mol. The van der Waals surface area contributed by atoms with Gasteiger partial charge in [0, 0.05) is 22.3 Å². The highest BCUT2D eigenvalue weighted by molar-refractivity contribution is 9.10. The normalized spacial score (nSPS) is 10.7. The van der Waals surface area contributed by atoms with Crippen molar-refractivity contribution in [3.8, 4) is 5.75 Å². The Bertz CT molecular complexity index is 1220. The summed E-state index contributed by atoms with van der Waals surface area (Å²) in [5, 5.41) is 6.72. The number of rotatable bonds is 7. The van der Waals surface area contributed by atoms with E-state index in [0.717, 1.165) is 27.7 Å². The number of amides is 1. The maximum atomic E-state index is 13.8. The molecule has 1 heterocycles. The zero-order valence-corrected chi connectivity index (χ0v) is 18.4. The average molecular weight is 498 g/mol. The van der Waals surface area contributed by atoms with E-state index in [4.69, 9.17) is 4.74 Å². The quantitative estimate of drug-likeness (QED) is 0.350. The van der Waals surface area contributed by atoms with Crippen LogP contribution in [0.2, 0.25) is 0 Å². The fourth-order valence-electron chi connectivity index (χ4n) is 3.13. The standard InChI is InChI=1S/C24H18BrF2N3O2/c25-18-9-10-21(32-15-16-5-2-1-3-6-16)17(13-18)14-30-12-11-22(29-30)28-24(31)23-19(26)7-4-8-20(23)27/h1-13H,14-15H2,(H,28,29,31). The van der Waals surface area contributed by atoms with Crippen molar-refractivity contribution < 1.29 is 18.3 Å². The van der Waals surface area contributed by atoms with Crippen LogP contribution < -0.4 is 10.1 Å². The van der Waals surface area contributed by atoms with Crippen LogP contribution in [0.25, 0.3) is 0 Å². The first-order valence-corrected chi connectivity index (χ1v) is 10.5. The molecule has 0 aliphatic heterocycles. The molecule has 8 heteroatoms. The molecule has 3 aromatic carbocycles. The number of ether oxygens (including phenoxy) is 1. The van der Waals surface area contributed by atoms with Crippen LogP contribution in [0.15, 0.2) is 83.5 Å². The molecule has 0 fully saturated rings. The molecule has 1 aromatic heterocycles. The summed E-state index contributed by atoms with van der Waals surface area (Å²) in [6.45, 7) is 0.789. The van der Waals surface area contributed by atoms with E-state index in [-0.39, 0.29) is 5.82 Å². The summed E-state index contributed by atoms with van der Waals surface area (Å²) >= 11 is 3.47. The first-order valence-electron chi connectivity index (χ1n) is 9.73. The van der Waals surface area contributed by atoms with E-state index >= 15 is 0 Å². The molecule has 0 unspecified atom stereocenters. The Morgan fingerprint density at radius 3 is 2.50 bits per heavy atom. The smallest absolute Gasteiger partial charge is 0.262 e. The number of halogens is 3. The molecule has 5 nitrogen and oxygen atoms in total. The number of carbonyl (C=O) groups excluding carboxylic acids is 1.